The van der Waals surface area contributed by atoms with Crippen molar-refractivity contribution in [2.24, 2.45) is 0 Å². The fraction of sp³-hybridized carbons (Fsp3) is 0.750. The van der Waals surface area contributed by atoms with Crippen LogP contribution in [0.25, 0.3) is 0 Å². The molecule has 2 atom stereocenters. The van der Waals surface area contributed by atoms with Crippen molar-refractivity contribution in [1.82, 2.24) is 9.55 Å². The Labute approximate surface area is 103 Å². The van der Waals surface area contributed by atoms with Gasteiger partial charge in [0.25, 0.3) is 0 Å². The lowest BCUT2D eigenvalue weighted by Gasteiger charge is -2.19. The van der Waals surface area contributed by atoms with E-state index in [1.165, 1.54) is 0 Å². The van der Waals surface area contributed by atoms with Crippen molar-refractivity contribution >= 4 is 5.95 Å². The SMILES string of the molecule is COCCC(C)Nc1nccn1C(C)COC. The van der Waals surface area contributed by atoms with Gasteiger partial charge in [-0.2, -0.15) is 0 Å². The van der Waals surface area contributed by atoms with E-state index >= 15 is 0 Å². The topological polar surface area (TPSA) is 48.3 Å². The molecule has 0 aliphatic carbocycles. The third-order valence-electron chi connectivity index (χ3n) is 2.68. The smallest absolute Gasteiger partial charge is 0.203 e. The molecule has 98 valence electrons. The van der Waals surface area contributed by atoms with Crippen molar-refractivity contribution in [3.05, 3.63) is 12.4 Å². The van der Waals surface area contributed by atoms with E-state index in [1.807, 2.05) is 6.20 Å². The highest BCUT2D eigenvalue weighted by atomic mass is 16.5. The van der Waals surface area contributed by atoms with Gasteiger partial charge < -0.3 is 19.4 Å². The van der Waals surface area contributed by atoms with Gasteiger partial charge in [-0.1, -0.05) is 0 Å². The Morgan fingerprint density at radius 1 is 1.35 bits per heavy atom. The van der Waals surface area contributed by atoms with E-state index in [2.05, 4.69) is 28.7 Å². The van der Waals surface area contributed by atoms with Gasteiger partial charge in [-0.25, -0.2) is 4.98 Å². The monoisotopic (exact) mass is 241 g/mol. The van der Waals surface area contributed by atoms with Gasteiger partial charge in [-0.3, -0.25) is 0 Å². The number of anilines is 1. The van der Waals surface area contributed by atoms with Crippen molar-refractivity contribution < 1.29 is 9.47 Å². The zero-order valence-electron chi connectivity index (χ0n) is 11.1. The largest absolute Gasteiger partial charge is 0.385 e. The number of hydrogen-bond donors (Lipinski definition) is 1. The molecule has 0 saturated heterocycles. The van der Waals surface area contributed by atoms with Crippen LogP contribution in [0.1, 0.15) is 26.3 Å². The predicted molar refractivity (Wildman–Crippen MR) is 68.4 cm³/mol. The molecule has 5 nitrogen and oxygen atoms in total. The molecule has 0 fully saturated rings. The molecule has 0 aromatic carbocycles. The summed E-state index contributed by atoms with van der Waals surface area (Å²) in [5.41, 5.74) is 0. The zero-order valence-corrected chi connectivity index (χ0v) is 11.1. The summed E-state index contributed by atoms with van der Waals surface area (Å²) in [6.07, 6.45) is 4.73. The fourth-order valence-electron chi connectivity index (χ4n) is 1.69. The summed E-state index contributed by atoms with van der Waals surface area (Å²) in [7, 11) is 3.43. The van der Waals surface area contributed by atoms with Crippen LogP contribution in [0.3, 0.4) is 0 Å². The van der Waals surface area contributed by atoms with Gasteiger partial charge in [-0.05, 0) is 20.3 Å². The summed E-state index contributed by atoms with van der Waals surface area (Å²) in [5.74, 6) is 0.887. The first-order chi connectivity index (χ1) is 8.19. The van der Waals surface area contributed by atoms with Gasteiger partial charge in [0.2, 0.25) is 5.95 Å². The summed E-state index contributed by atoms with van der Waals surface area (Å²) in [5, 5.41) is 3.38. The van der Waals surface area contributed by atoms with Crippen LogP contribution in [0.5, 0.6) is 0 Å². The molecule has 0 spiro atoms. The quantitative estimate of drug-likeness (QED) is 0.755. The minimum absolute atomic E-state index is 0.277. The standard InChI is InChI=1S/C12H23N3O2/c1-10(5-8-16-3)14-12-13-6-7-15(12)11(2)9-17-4/h6-7,10-11H,5,8-9H2,1-4H3,(H,13,14). The number of rotatable bonds is 8. The number of nitrogens with one attached hydrogen (secondary N) is 1. The first kappa shape index (κ1) is 14.0. The van der Waals surface area contributed by atoms with E-state index in [-0.39, 0.29) is 6.04 Å². The molecule has 1 heterocycles. The highest BCUT2D eigenvalue weighted by molar-refractivity contribution is 5.28. The third kappa shape index (κ3) is 4.36. The second kappa shape index (κ2) is 7.29. The zero-order chi connectivity index (χ0) is 12.7. The summed E-state index contributed by atoms with van der Waals surface area (Å²) in [6, 6.07) is 0.616. The molecule has 5 heteroatoms. The second-order valence-electron chi connectivity index (χ2n) is 4.29. The van der Waals surface area contributed by atoms with Gasteiger partial charge in [-0.15, -0.1) is 0 Å². The van der Waals surface area contributed by atoms with Crippen LogP contribution in [-0.2, 0) is 9.47 Å². The molecule has 17 heavy (non-hydrogen) atoms. The highest BCUT2D eigenvalue weighted by Crippen LogP contribution is 2.15. The molecule has 1 aromatic heterocycles. The lowest BCUT2D eigenvalue weighted by atomic mass is 10.2. The van der Waals surface area contributed by atoms with Crippen LogP contribution < -0.4 is 5.32 Å². The maximum Gasteiger partial charge on any atom is 0.203 e. The lowest BCUT2D eigenvalue weighted by Crippen LogP contribution is -2.22. The second-order valence-corrected chi connectivity index (χ2v) is 4.29. The molecular weight excluding hydrogens is 218 g/mol. The minimum atomic E-state index is 0.277. The number of nitrogens with zero attached hydrogens (tertiary/aromatic N) is 2. The molecule has 1 rings (SSSR count). The Kier molecular flexibility index (Phi) is 6.00. The van der Waals surface area contributed by atoms with Crippen molar-refractivity contribution in [1.29, 1.82) is 0 Å². The Morgan fingerprint density at radius 3 is 2.76 bits per heavy atom. The van der Waals surface area contributed by atoms with Crippen molar-refractivity contribution in [2.45, 2.75) is 32.4 Å². The van der Waals surface area contributed by atoms with Gasteiger partial charge in [0.1, 0.15) is 0 Å². The van der Waals surface area contributed by atoms with E-state index in [0.29, 0.717) is 12.6 Å². The lowest BCUT2D eigenvalue weighted by molar-refractivity contribution is 0.162. The number of imidazole rings is 1. The van der Waals surface area contributed by atoms with Gasteiger partial charge in [0.05, 0.1) is 12.6 Å². The van der Waals surface area contributed by atoms with Crippen molar-refractivity contribution in [3.63, 3.8) is 0 Å². The van der Waals surface area contributed by atoms with Gasteiger partial charge >= 0.3 is 0 Å². The summed E-state index contributed by atoms with van der Waals surface area (Å²) in [6.45, 7) is 5.66. The molecule has 1 N–H and O–H groups in total. The summed E-state index contributed by atoms with van der Waals surface area (Å²) < 4.78 is 12.3. The van der Waals surface area contributed by atoms with Crippen molar-refractivity contribution in [3.8, 4) is 0 Å². The number of aromatic nitrogens is 2. The van der Waals surface area contributed by atoms with Crippen molar-refractivity contribution in [2.75, 3.05) is 32.8 Å². The third-order valence-corrected chi connectivity index (χ3v) is 2.68. The number of ether oxygens (including phenoxy) is 2. The Bertz CT molecular complexity index is 314. The normalized spacial score (nSPS) is 14.6. The van der Waals surface area contributed by atoms with Crippen LogP contribution in [0.15, 0.2) is 12.4 Å². The molecular formula is C12H23N3O2. The molecule has 0 amide bonds. The van der Waals surface area contributed by atoms with E-state index in [4.69, 9.17) is 9.47 Å². The van der Waals surface area contributed by atoms with E-state index in [0.717, 1.165) is 19.0 Å². The predicted octanol–water partition coefficient (Wildman–Crippen LogP) is 1.93. The van der Waals surface area contributed by atoms with Crippen LogP contribution in [-0.4, -0.2) is 43.0 Å². The van der Waals surface area contributed by atoms with Crippen LogP contribution in [0.2, 0.25) is 0 Å². The Morgan fingerprint density at radius 2 is 2.12 bits per heavy atom. The summed E-state index contributed by atoms with van der Waals surface area (Å²) in [4.78, 5) is 4.32. The van der Waals surface area contributed by atoms with E-state index in [1.54, 1.807) is 20.4 Å². The highest BCUT2D eigenvalue weighted by Gasteiger charge is 2.11. The first-order valence-electron chi connectivity index (χ1n) is 5.96. The minimum Gasteiger partial charge on any atom is -0.385 e. The van der Waals surface area contributed by atoms with E-state index in [9.17, 15) is 0 Å². The molecule has 0 aliphatic heterocycles. The number of hydrogen-bond acceptors (Lipinski definition) is 4. The molecule has 0 bridgehead atoms. The maximum absolute atomic E-state index is 5.16. The summed E-state index contributed by atoms with van der Waals surface area (Å²) >= 11 is 0. The molecule has 0 radical (unpaired) electrons. The average molecular weight is 241 g/mol. The van der Waals surface area contributed by atoms with Crippen LogP contribution in [0, 0.1) is 0 Å². The molecule has 0 aliphatic rings. The van der Waals surface area contributed by atoms with Gasteiger partial charge in [0, 0.05) is 39.3 Å². The van der Waals surface area contributed by atoms with Crippen LogP contribution in [0.4, 0.5) is 5.95 Å². The fourth-order valence-corrected chi connectivity index (χ4v) is 1.69. The van der Waals surface area contributed by atoms with Crippen LogP contribution >= 0.6 is 0 Å². The van der Waals surface area contributed by atoms with Gasteiger partial charge in [0.15, 0.2) is 0 Å². The average Bonchev–Trinajstić information content (AvgIpc) is 2.75. The Hall–Kier alpha value is -1.07. The molecule has 1 aromatic rings. The number of methoxy groups -OCH3 is 2. The molecule has 2 unspecified atom stereocenters. The molecule has 0 saturated carbocycles. The Balaban J connectivity index is 2.56. The maximum atomic E-state index is 5.16. The van der Waals surface area contributed by atoms with E-state index < -0.39 is 0 Å². The first-order valence-corrected chi connectivity index (χ1v) is 5.96.